The first-order valence-corrected chi connectivity index (χ1v) is 11.9. The summed E-state index contributed by atoms with van der Waals surface area (Å²) in [6.07, 6.45) is 4.42. The molecule has 3 aliphatic rings. The van der Waals surface area contributed by atoms with E-state index in [2.05, 4.69) is 29.0 Å². The summed E-state index contributed by atoms with van der Waals surface area (Å²) in [6, 6.07) is 13.6. The molecule has 7 heteroatoms. The van der Waals surface area contributed by atoms with Crippen molar-refractivity contribution in [3.8, 4) is 5.75 Å². The molecule has 2 fully saturated rings. The van der Waals surface area contributed by atoms with Crippen LogP contribution in [-0.2, 0) is 0 Å². The largest absolute Gasteiger partial charge is 0.497 e. The molecule has 0 saturated carbocycles. The zero-order valence-electron chi connectivity index (χ0n) is 19.5. The normalized spacial score (nSPS) is 20.8. The summed E-state index contributed by atoms with van der Waals surface area (Å²) >= 11 is 0. The van der Waals surface area contributed by atoms with E-state index < -0.39 is 0 Å². The van der Waals surface area contributed by atoms with Crippen LogP contribution >= 0.6 is 0 Å². The molecule has 0 N–H and O–H groups in total. The van der Waals surface area contributed by atoms with Gasteiger partial charge in [0.1, 0.15) is 11.9 Å². The second-order valence-electron chi connectivity index (χ2n) is 9.15. The number of benzene rings is 2. The van der Waals surface area contributed by atoms with Crippen molar-refractivity contribution in [2.75, 3.05) is 56.7 Å². The van der Waals surface area contributed by atoms with Crippen LogP contribution in [0.4, 0.5) is 11.4 Å². The molecule has 0 aliphatic carbocycles. The van der Waals surface area contributed by atoms with Gasteiger partial charge >= 0.3 is 0 Å². The summed E-state index contributed by atoms with van der Waals surface area (Å²) < 4.78 is 5.24. The van der Waals surface area contributed by atoms with E-state index >= 15 is 0 Å². The number of carbonyl (C=O) groups excluding carboxylic acids is 2. The van der Waals surface area contributed by atoms with Gasteiger partial charge in [-0.25, -0.2) is 0 Å². The van der Waals surface area contributed by atoms with Crippen molar-refractivity contribution in [1.82, 2.24) is 9.80 Å². The molecular formula is C26H32N4O3. The van der Waals surface area contributed by atoms with E-state index in [4.69, 9.17) is 4.74 Å². The number of methoxy groups -OCH3 is 1. The number of fused-ring (bicyclic) bond motifs is 2. The lowest BCUT2D eigenvalue weighted by Gasteiger charge is -2.43. The van der Waals surface area contributed by atoms with E-state index in [1.54, 1.807) is 7.11 Å². The van der Waals surface area contributed by atoms with Gasteiger partial charge in [-0.2, -0.15) is 0 Å². The molecule has 3 heterocycles. The maximum Gasteiger partial charge on any atom is 0.257 e. The first-order chi connectivity index (χ1) is 16.1. The Labute approximate surface area is 195 Å². The highest BCUT2D eigenvalue weighted by molar-refractivity contribution is 6.04. The van der Waals surface area contributed by atoms with Crippen molar-refractivity contribution >= 4 is 23.2 Å². The van der Waals surface area contributed by atoms with Gasteiger partial charge in [0, 0.05) is 51.0 Å². The molecule has 2 aromatic carbocycles. The second-order valence-corrected chi connectivity index (χ2v) is 9.15. The minimum Gasteiger partial charge on any atom is -0.497 e. The van der Waals surface area contributed by atoms with Crippen LogP contribution in [0, 0.1) is 0 Å². The van der Waals surface area contributed by atoms with Gasteiger partial charge in [-0.05, 0) is 61.7 Å². The molecular weight excluding hydrogens is 416 g/mol. The highest BCUT2D eigenvalue weighted by atomic mass is 16.5. The maximum absolute atomic E-state index is 13.3. The topological polar surface area (TPSA) is 56.3 Å². The van der Waals surface area contributed by atoms with Gasteiger partial charge < -0.3 is 24.3 Å². The molecule has 2 amide bonds. The van der Waals surface area contributed by atoms with Gasteiger partial charge in [0.2, 0.25) is 0 Å². The predicted octanol–water partition coefficient (Wildman–Crippen LogP) is 3.45. The summed E-state index contributed by atoms with van der Waals surface area (Å²) in [5, 5.41) is 0. The van der Waals surface area contributed by atoms with Gasteiger partial charge in [0.05, 0.1) is 18.4 Å². The van der Waals surface area contributed by atoms with E-state index in [0.717, 1.165) is 62.4 Å². The Kier molecular flexibility index (Phi) is 5.87. The van der Waals surface area contributed by atoms with Gasteiger partial charge in [-0.15, -0.1) is 0 Å². The Hall–Kier alpha value is -3.22. The van der Waals surface area contributed by atoms with Crippen molar-refractivity contribution in [3.05, 3.63) is 53.6 Å². The molecule has 0 spiro atoms. The van der Waals surface area contributed by atoms with Crippen LogP contribution < -0.4 is 14.5 Å². The van der Waals surface area contributed by atoms with E-state index in [1.807, 2.05) is 40.1 Å². The van der Waals surface area contributed by atoms with Gasteiger partial charge in [-0.3, -0.25) is 9.59 Å². The van der Waals surface area contributed by atoms with Crippen molar-refractivity contribution in [2.45, 2.75) is 31.8 Å². The SMILES string of the molecule is COc1ccc(N2CCN(C(=O)c3ccc4c(c3)N(C)C3CCCCCN3C4=O)CC2)cc1. The molecule has 0 aromatic heterocycles. The lowest BCUT2D eigenvalue weighted by atomic mass is 10.0. The fourth-order valence-electron chi connectivity index (χ4n) is 5.33. The summed E-state index contributed by atoms with van der Waals surface area (Å²) in [7, 11) is 3.72. The first kappa shape index (κ1) is 21.6. The van der Waals surface area contributed by atoms with Gasteiger partial charge in [0.15, 0.2) is 0 Å². The Balaban J connectivity index is 1.30. The molecule has 174 valence electrons. The molecule has 0 radical (unpaired) electrons. The molecule has 7 nitrogen and oxygen atoms in total. The van der Waals surface area contributed by atoms with Crippen molar-refractivity contribution in [3.63, 3.8) is 0 Å². The van der Waals surface area contributed by atoms with Crippen molar-refractivity contribution in [1.29, 1.82) is 0 Å². The van der Waals surface area contributed by atoms with Crippen LogP contribution in [0.2, 0.25) is 0 Å². The Morgan fingerprint density at radius 1 is 0.939 bits per heavy atom. The maximum atomic E-state index is 13.3. The number of anilines is 2. The Morgan fingerprint density at radius 3 is 2.42 bits per heavy atom. The van der Waals surface area contributed by atoms with E-state index in [-0.39, 0.29) is 18.0 Å². The number of ether oxygens (including phenoxy) is 1. The fourth-order valence-corrected chi connectivity index (χ4v) is 5.33. The number of nitrogens with zero attached hydrogens (tertiary/aromatic N) is 4. The number of piperazine rings is 1. The fraction of sp³-hybridized carbons (Fsp3) is 0.462. The van der Waals surface area contributed by atoms with Crippen LogP contribution in [0.5, 0.6) is 5.75 Å². The van der Waals surface area contributed by atoms with Crippen LogP contribution in [-0.4, -0.2) is 74.7 Å². The minimum atomic E-state index is 0.0383. The zero-order valence-corrected chi connectivity index (χ0v) is 19.5. The molecule has 2 saturated heterocycles. The van der Waals surface area contributed by atoms with Crippen molar-refractivity contribution < 1.29 is 14.3 Å². The number of carbonyl (C=O) groups is 2. The average Bonchev–Trinajstić information content (AvgIpc) is 3.13. The van der Waals surface area contributed by atoms with Crippen LogP contribution in [0.25, 0.3) is 0 Å². The average molecular weight is 449 g/mol. The summed E-state index contributed by atoms with van der Waals surface area (Å²) in [4.78, 5) is 34.9. The molecule has 3 aliphatic heterocycles. The zero-order chi connectivity index (χ0) is 22.9. The van der Waals surface area contributed by atoms with E-state index in [9.17, 15) is 9.59 Å². The van der Waals surface area contributed by atoms with E-state index in [1.165, 1.54) is 0 Å². The second kappa shape index (κ2) is 8.96. The van der Waals surface area contributed by atoms with E-state index in [0.29, 0.717) is 24.2 Å². The third kappa shape index (κ3) is 4.01. The first-order valence-electron chi connectivity index (χ1n) is 11.9. The smallest absolute Gasteiger partial charge is 0.257 e. The number of hydrogen-bond donors (Lipinski definition) is 0. The summed E-state index contributed by atoms with van der Waals surface area (Å²) in [5.41, 5.74) is 3.39. The monoisotopic (exact) mass is 448 g/mol. The predicted molar refractivity (Wildman–Crippen MR) is 129 cm³/mol. The summed E-state index contributed by atoms with van der Waals surface area (Å²) in [6.45, 7) is 3.74. The lowest BCUT2D eigenvalue weighted by molar-refractivity contribution is 0.0659. The number of amides is 2. The highest BCUT2D eigenvalue weighted by Crippen LogP contribution is 2.34. The number of hydrogen-bond acceptors (Lipinski definition) is 5. The third-order valence-electron chi connectivity index (χ3n) is 7.29. The highest BCUT2D eigenvalue weighted by Gasteiger charge is 2.37. The van der Waals surface area contributed by atoms with Gasteiger partial charge in [-0.1, -0.05) is 6.42 Å². The van der Waals surface area contributed by atoms with Crippen LogP contribution in [0.15, 0.2) is 42.5 Å². The Bertz CT molecular complexity index is 1030. The molecule has 2 aromatic rings. The molecule has 33 heavy (non-hydrogen) atoms. The third-order valence-corrected chi connectivity index (χ3v) is 7.29. The minimum absolute atomic E-state index is 0.0383. The summed E-state index contributed by atoms with van der Waals surface area (Å²) in [5.74, 6) is 0.980. The lowest BCUT2D eigenvalue weighted by Crippen LogP contribution is -2.53. The van der Waals surface area contributed by atoms with Crippen LogP contribution in [0.3, 0.4) is 0 Å². The molecule has 1 atom stereocenters. The molecule has 5 rings (SSSR count). The van der Waals surface area contributed by atoms with Crippen molar-refractivity contribution in [2.24, 2.45) is 0 Å². The van der Waals surface area contributed by atoms with Crippen LogP contribution in [0.1, 0.15) is 46.4 Å². The molecule has 1 unspecified atom stereocenters. The Morgan fingerprint density at radius 2 is 1.70 bits per heavy atom. The quantitative estimate of drug-likeness (QED) is 0.720. The van der Waals surface area contributed by atoms with Gasteiger partial charge in [0.25, 0.3) is 11.8 Å². The standard InChI is InChI=1S/C26H32N4O3/c1-27-23-18-19(7-12-22(23)26(32)30-13-5-3-4-6-24(27)30)25(31)29-16-14-28(15-17-29)20-8-10-21(33-2)11-9-20/h7-12,18,24H,3-6,13-17H2,1-2H3. The number of rotatable bonds is 3. The molecule has 0 bridgehead atoms.